The smallest absolute Gasteiger partial charge is 0.154 e. The SMILES string of the molecule is CC1=C(F)C(F)C(C)C2CC2C1C1CC1. The molecule has 3 aliphatic rings. The zero-order chi connectivity index (χ0) is 10.7. The molecule has 84 valence electrons. The summed E-state index contributed by atoms with van der Waals surface area (Å²) in [6, 6.07) is 0. The molecule has 0 saturated heterocycles. The summed E-state index contributed by atoms with van der Waals surface area (Å²) in [6.45, 7) is 3.69. The van der Waals surface area contributed by atoms with Crippen LogP contribution in [0.4, 0.5) is 8.78 Å². The van der Waals surface area contributed by atoms with Crippen LogP contribution in [0.2, 0.25) is 0 Å². The van der Waals surface area contributed by atoms with E-state index < -0.39 is 12.0 Å². The second kappa shape index (κ2) is 3.05. The van der Waals surface area contributed by atoms with Gasteiger partial charge in [0.25, 0.3) is 0 Å². The maximum Gasteiger partial charge on any atom is 0.154 e. The zero-order valence-corrected chi connectivity index (χ0v) is 9.34. The van der Waals surface area contributed by atoms with Crippen LogP contribution in [0.25, 0.3) is 0 Å². The molecule has 0 aromatic heterocycles. The molecule has 15 heavy (non-hydrogen) atoms. The lowest BCUT2D eigenvalue weighted by Gasteiger charge is -2.16. The van der Waals surface area contributed by atoms with Crippen molar-refractivity contribution in [2.45, 2.75) is 39.3 Å². The second-order valence-electron chi connectivity index (χ2n) is 5.72. The maximum absolute atomic E-state index is 13.8. The van der Waals surface area contributed by atoms with Crippen LogP contribution >= 0.6 is 0 Å². The summed E-state index contributed by atoms with van der Waals surface area (Å²) in [6.07, 6.45) is 2.25. The molecule has 2 heteroatoms. The first-order chi connectivity index (χ1) is 7.11. The van der Waals surface area contributed by atoms with Gasteiger partial charge < -0.3 is 0 Å². The van der Waals surface area contributed by atoms with E-state index in [9.17, 15) is 8.78 Å². The van der Waals surface area contributed by atoms with E-state index in [-0.39, 0.29) is 5.92 Å². The van der Waals surface area contributed by atoms with Crippen LogP contribution in [0, 0.1) is 29.6 Å². The number of fused-ring (bicyclic) bond motifs is 1. The molecular formula is C13H18F2. The van der Waals surface area contributed by atoms with E-state index in [1.54, 1.807) is 0 Å². The summed E-state index contributed by atoms with van der Waals surface area (Å²) in [4.78, 5) is 0. The fourth-order valence-electron chi connectivity index (χ4n) is 3.56. The minimum Gasteiger partial charge on any atom is -0.239 e. The molecule has 0 N–H and O–H groups in total. The number of hydrogen-bond acceptors (Lipinski definition) is 0. The van der Waals surface area contributed by atoms with E-state index in [0.717, 1.165) is 12.0 Å². The van der Waals surface area contributed by atoms with Crippen LogP contribution in [-0.4, -0.2) is 6.17 Å². The zero-order valence-electron chi connectivity index (χ0n) is 9.34. The summed E-state index contributed by atoms with van der Waals surface area (Å²) in [7, 11) is 0. The summed E-state index contributed by atoms with van der Waals surface area (Å²) < 4.78 is 27.6. The molecule has 3 aliphatic carbocycles. The van der Waals surface area contributed by atoms with Crippen LogP contribution in [-0.2, 0) is 0 Å². The second-order valence-corrected chi connectivity index (χ2v) is 5.72. The normalized spacial score (nSPS) is 50.0. The molecule has 0 amide bonds. The molecule has 0 radical (unpaired) electrons. The quantitative estimate of drug-likeness (QED) is 0.618. The fraction of sp³-hybridized carbons (Fsp3) is 0.846. The van der Waals surface area contributed by atoms with Gasteiger partial charge in [0.2, 0.25) is 0 Å². The number of allylic oxidation sites excluding steroid dienone is 2. The lowest BCUT2D eigenvalue weighted by atomic mass is 9.89. The molecule has 5 unspecified atom stereocenters. The molecule has 0 nitrogen and oxygen atoms in total. The predicted molar refractivity (Wildman–Crippen MR) is 55.7 cm³/mol. The molecule has 0 spiro atoms. The third-order valence-electron chi connectivity index (χ3n) is 4.74. The van der Waals surface area contributed by atoms with Crippen molar-refractivity contribution < 1.29 is 8.78 Å². The van der Waals surface area contributed by atoms with E-state index in [1.165, 1.54) is 12.8 Å². The van der Waals surface area contributed by atoms with Crippen molar-refractivity contribution in [2.75, 3.05) is 0 Å². The highest BCUT2D eigenvalue weighted by Gasteiger charge is 2.55. The van der Waals surface area contributed by atoms with E-state index in [0.29, 0.717) is 23.7 Å². The van der Waals surface area contributed by atoms with Crippen molar-refractivity contribution in [3.63, 3.8) is 0 Å². The summed E-state index contributed by atoms with van der Waals surface area (Å²) in [5, 5.41) is 0. The summed E-state index contributed by atoms with van der Waals surface area (Å²) in [5.74, 6) is 1.55. The van der Waals surface area contributed by atoms with Crippen molar-refractivity contribution in [2.24, 2.45) is 29.6 Å². The largest absolute Gasteiger partial charge is 0.239 e. The highest BCUT2D eigenvalue weighted by molar-refractivity contribution is 5.24. The molecule has 0 heterocycles. The molecule has 0 aliphatic heterocycles. The van der Waals surface area contributed by atoms with Gasteiger partial charge in [-0.3, -0.25) is 0 Å². The van der Waals surface area contributed by atoms with Crippen molar-refractivity contribution in [3.8, 4) is 0 Å². The Hall–Kier alpha value is -0.400. The number of halogens is 2. The van der Waals surface area contributed by atoms with Crippen molar-refractivity contribution in [1.29, 1.82) is 0 Å². The molecule has 0 aromatic rings. The Balaban J connectivity index is 1.96. The van der Waals surface area contributed by atoms with Crippen molar-refractivity contribution >= 4 is 0 Å². The van der Waals surface area contributed by atoms with Gasteiger partial charge in [-0.15, -0.1) is 0 Å². The third-order valence-corrected chi connectivity index (χ3v) is 4.74. The van der Waals surface area contributed by atoms with Crippen molar-refractivity contribution in [1.82, 2.24) is 0 Å². The van der Waals surface area contributed by atoms with E-state index >= 15 is 0 Å². The van der Waals surface area contributed by atoms with E-state index in [4.69, 9.17) is 0 Å². The first-order valence-corrected chi connectivity index (χ1v) is 6.11. The van der Waals surface area contributed by atoms with Gasteiger partial charge in [-0.2, -0.15) is 0 Å². The molecule has 2 fully saturated rings. The van der Waals surface area contributed by atoms with E-state index in [1.807, 2.05) is 13.8 Å². The molecule has 0 bridgehead atoms. The Kier molecular flexibility index (Phi) is 1.99. The van der Waals surface area contributed by atoms with Crippen LogP contribution in [0.5, 0.6) is 0 Å². The monoisotopic (exact) mass is 212 g/mol. The minimum atomic E-state index is -1.33. The molecular weight excluding hydrogens is 194 g/mol. The third kappa shape index (κ3) is 1.37. The van der Waals surface area contributed by atoms with Crippen LogP contribution in [0.15, 0.2) is 11.4 Å². The van der Waals surface area contributed by atoms with Crippen LogP contribution in [0.1, 0.15) is 33.1 Å². The minimum absolute atomic E-state index is 0.103. The first kappa shape index (κ1) is 9.80. The highest BCUT2D eigenvalue weighted by atomic mass is 19.2. The van der Waals surface area contributed by atoms with Gasteiger partial charge in [-0.1, -0.05) is 6.92 Å². The fourth-order valence-corrected chi connectivity index (χ4v) is 3.56. The Morgan fingerprint density at radius 2 is 1.87 bits per heavy atom. The summed E-state index contributed by atoms with van der Waals surface area (Å²) >= 11 is 0. The summed E-state index contributed by atoms with van der Waals surface area (Å²) in [5.41, 5.74) is 0.738. The Labute approximate surface area is 89.7 Å². The standard InChI is InChI=1S/C13H18F2/c1-6-9-5-10(9)11(8-3-4-8)7(2)13(15)12(6)14/h6,8-12H,3-5H2,1-2H3. The van der Waals surface area contributed by atoms with Gasteiger partial charge >= 0.3 is 0 Å². The van der Waals surface area contributed by atoms with Gasteiger partial charge in [0, 0.05) is 0 Å². The highest BCUT2D eigenvalue weighted by Crippen LogP contribution is 2.61. The number of hydrogen-bond donors (Lipinski definition) is 0. The van der Waals surface area contributed by atoms with Gasteiger partial charge in [0.15, 0.2) is 6.17 Å². The molecule has 2 saturated carbocycles. The van der Waals surface area contributed by atoms with Crippen molar-refractivity contribution in [3.05, 3.63) is 11.4 Å². The van der Waals surface area contributed by atoms with E-state index in [2.05, 4.69) is 0 Å². The van der Waals surface area contributed by atoms with Gasteiger partial charge in [-0.05, 0) is 61.3 Å². The molecule has 0 aromatic carbocycles. The lowest BCUT2D eigenvalue weighted by molar-refractivity contribution is 0.223. The lowest BCUT2D eigenvalue weighted by Crippen LogP contribution is -2.15. The van der Waals surface area contributed by atoms with Crippen LogP contribution < -0.4 is 0 Å². The molecule has 5 atom stereocenters. The number of rotatable bonds is 1. The van der Waals surface area contributed by atoms with Gasteiger partial charge in [0.05, 0.1) is 0 Å². The maximum atomic E-state index is 13.8. The first-order valence-electron chi connectivity index (χ1n) is 6.11. The number of alkyl halides is 1. The molecule has 3 rings (SSSR count). The Bertz CT molecular complexity index is 316. The predicted octanol–water partition coefficient (Wildman–Crippen LogP) is 3.88. The topological polar surface area (TPSA) is 0 Å². The Morgan fingerprint density at radius 1 is 1.20 bits per heavy atom. The average Bonchev–Trinajstić information content (AvgIpc) is 3.06. The average molecular weight is 212 g/mol. The van der Waals surface area contributed by atoms with Gasteiger partial charge in [-0.25, -0.2) is 8.78 Å². The van der Waals surface area contributed by atoms with Gasteiger partial charge in [0.1, 0.15) is 5.83 Å². The Morgan fingerprint density at radius 3 is 2.47 bits per heavy atom. The van der Waals surface area contributed by atoms with Crippen LogP contribution in [0.3, 0.4) is 0 Å².